The van der Waals surface area contributed by atoms with Crippen LogP contribution in [0.4, 0.5) is 22.0 Å². The van der Waals surface area contributed by atoms with E-state index in [0.29, 0.717) is 21.9 Å². The molecule has 0 saturated carbocycles. The maximum atomic E-state index is 14.8. The minimum absolute atomic E-state index is 0.106. The summed E-state index contributed by atoms with van der Waals surface area (Å²) in [5.74, 6) is -3.75. The second-order valence-electron chi connectivity index (χ2n) is 10.3. The Bertz CT molecular complexity index is 1680. The second kappa shape index (κ2) is 10.3. The largest absolute Gasteiger partial charge is 0.481 e. The first-order chi connectivity index (χ1) is 18.9. The standard InChI is InChI=1S/C30H27F5N2O3/c1-36-24-10-8-18(12-14-37-15-13-29(31,32)17-37)16-23(24)27(30(33,34)35)26(28(36)40)22-7-3-5-20-19(9-11-25(38)39)4-2-6-21(20)22/h2-8,10,16H,9,11-15,17H2,1H3,(H,38,39). The van der Waals surface area contributed by atoms with Gasteiger partial charge in [0, 0.05) is 38.4 Å². The molecule has 0 bridgehead atoms. The van der Waals surface area contributed by atoms with Crippen LogP contribution in [-0.4, -0.2) is 46.1 Å². The molecule has 10 heteroatoms. The summed E-state index contributed by atoms with van der Waals surface area (Å²) in [6, 6.07) is 14.2. The Morgan fingerprint density at radius 1 is 1.00 bits per heavy atom. The Labute approximate surface area is 226 Å². The summed E-state index contributed by atoms with van der Waals surface area (Å²) in [7, 11) is 1.42. The summed E-state index contributed by atoms with van der Waals surface area (Å²) in [5.41, 5.74) is -0.928. The van der Waals surface area contributed by atoms with E-state index in [2.05, 4.69) is 0 Å². The van der Waals surface area contributed by atoms with E-state index in [1.54, 1.807) is 41.3 Å². The normalized spacial score (nSPS) is 15.8. The average Bonchev–Trinajstić information content (AvgIpc) is 3.25. The molecule has 0 aliphatic carbocycles. The summed E-state index contributed by atoms with van der Waals surface area (Å²) in [4.78, 5) is 26.3. The quantitative estimate of drug-likeness (QED) is 0.272. The number of pyridine rings is 1. The summed E-state index contributed by atoms with van der Waals surface area (Å²) < 4.78 is 72.8. The molecule has 3 aromatic carbocycles. The third-order valence-corrected chi connectivity index (χ3v) is 7.60. The van der Waals surface area contributed by atoms with Gasteiger partial charge in [0.2, 0.25) is 0 Å². The van der Waals surface area contributed by atoms with Gasteiger partial charge in [-0.1, -0.05) is 42.5 Å². The number of fused-ring (bicyclic) bond motifs is 2. The number of aliphatic carboxylic acids is 1. The lowest BCUT2D eigenvalue weighted by atomic mass is 9.90. The van der Waals surface area contributed by atoms with Crippen molar-refractivity contribution in [2.45, 2.75) is 37.8 Å². The number of aromatic nitrogens is 1. The molecule has 0 atom stereocenters. The van der Waals surface area contributed by atoms with Gasteiger partial charge >= 0.3 is 12.1 Å². The van der Waals surface area contributed by atoms with Crippen LogP contribution < -0.4 is 5.56 Å². The molecule has 1 fully saturated rings. The lowest BCUT2D eigenvalue weighted by molar-refractivity contribution is -0.137. The van der Waals surface area contributed by atoms with E-state index in [1.807, 2.05) is 0 Å². The van der Waals surface area contributed by atoms with Crippen molar-refractivity contribution in [3.63, 3.8) is 0 Å². The molecule has 0 unspecified atom stereocenters. The molecule has 4 aromatic rings. The fourth-order valence-corrected chi connectivity index (χ4v) is 5.63. The van der Waals surface area contributed by atoms with Crippen molar-refractivity contribution in [1.29, 1.82) is 0 Å². The van der Waals surface area contributed by atoms with Crippen molar-refractivity contribution in [1.82, 2.24) is 9.47 Å². The van der Waals surface area contributed by atoms with Crippen LogP contribution in [-0.2, 0) is 30.9 Å². The maximum absolute atomic E-state index is 14.8. The third kappa shape index (κ3) is 5.32. The fraction of sp³-hybridized carbons (Fsp3) is 0.333. The summed E-state index contributed by atoms with van der Waals surface area (Å²) in [6.07, 6.45) is -4.79. The third-order valence-electron chi connectivity index (χ3n) is 7.60. The molecule has 210 valence electrons. The van der Waals surface area contributed by atoms with Gasteiger partial charge in [0.15, 0.2) is 0 Å². The number of halogens is 5. The van der Waals surface area contributed by atoms with Gasteiger partial charge in [0.25, 0.3) is 11.5 Å². The average molecular weight is 559 g/mol. The highest BCUT2D eigenvalue weighted by Gasteiger charge is 2.39. The van der Waals surface area contributed by atoms with Crippen molar-refractivity contribution in [2.24, 2.45) is 7.05 Å². The van der Waals surface area contributed by atoms with Crippen molar-refractivity contribution < 1.29 is 31.9 Å². The minimum atomic E-state index is -4.88. The van der Waals surface area contributed by atoms with Crippen LogP contribution in [0.2, 0.25) is 0 Å². The van der Waals surface area contributed by atoms with Crippen molar-refractivity contribution in [2.75, 3.05) is 19.6 Å². The van der Waals surface area contributed by atoms with Gasteiger partial charge < -0.3 is 9.67 Å². The molecule has 0 amide bonds. The van der Waals surface area contributed by atoms with Crippen LogP contribution in [0.25, 0.3) is 32.8 Å². The minimum Gasteiger partial charge on any atom is -0.481 e. The molecule has 1 saturated heterocycles. The summed E-state index contributed by atoms with van der Waals surface area (Å²) in [5, 5.41) is 9.96. The highest BCUT2D eigenvalue weighted by atomic mass is 19.4. The number of alkyl halides is 5. The van der Waals surface area contributed by atoms with Crippen LogP contribution >= 0.6 is 0 Å². The predicted molar refractivity (Wildman–Crippen MR) is 143 cm³/mol. The van der Waals surface area contributed by atoms with E-state index in [1.165, 1.54) is 29.8 Å². The number of carboxylic acid groups (broad SMARTS) is 1. The Morgan fingerprint density at radius 3 is 2.40 bits per heavy atom. The number of aryl methyl sites for hydroxylation is 2. The van der Waals surface area contributed by atoms with Crippen LogP contribution in [0.15, 0.2) is 59.4 Å². The van der Waals surface area contributed by atoms with Gasteiger partial charge in [-0.25, -0.2) is 8.78 Å². The fourth-order valence-electron chi connectivity index (χ4n) is 5.63. The van der Waals surface area contributed by atoms with Crippen LogP contribution in [0, 0.1) is 0 Å². The zero-order chi connectivity index (χ0) is 28.8. The molecule has 0 radical (unpaired) electrons. The Morgan fingerprint density at radius 2 is 1.73 bits per heavy atom. The van der Waals surface area contributed by atoms with Gasteiger partial charge in [-0.2, -0.15) is 13.2 Å². The number of carbonyl (C=O) groups is 1. The molecule has 1 N–H and O–H groups in total. The Hall–Kier alpha value is -3.79. The first-order valence-corrected chi connectivity index (χ1v) is 12.9. The molecule has 0 spiro atoms. The van der Waals surface area contributed by atoms with E-state index >= 15 is 0 Å². The van der Waals surface area contributed by atoms with Gasteiger partial charge in [-0.15, -0.1) is 0 Å². The van der Waals surface area contributed by atoms with E-state index in [4.69, 9.17) is 5.11 Å². The first kappa shape index (κ1) is 27.8. The zero-order valence-electron chi connectivity index (χ0n) is 21.7. The summed E-state index contributed by atoms with van der Waals surface area (Å²) >= 11 is 0. The smallest absolute Gasteiger partial charge is 0.417 e. The number of hydrogen-bond acceptors (Lipinski definition) is 3. The van der Waals surface area contributed by atoms with E-state index in [0.717, 1.165) is 0 Å². The number of benzene rings is 3. The van der Waals surface area contributed by atoms with Crippen molar-refractivity contribution >= 4 is 27.6 Å². The Balaban J connectivity index is 1.68. The summed E-state index contributed by atoms with van der Waals surface area (Å²) in [6.45, 7) is 0.134. The van der Waals surface area contributed by atoms with Gasteiger partial charge in [0.1, 0.15) is 0 Å². The van der Waals surface area contributed by atoms with Crippen molar-refractivity contribution in [3.8, 4) is 11.1 Å². The molecule has 1 aromatic heterocycles. The number of nitrogens with zero attached hydrogens (tertiary/aromatic N) is 2. The molecular formula is C30H27F5N2O3. The number of carboxylic acids is 1. The van der Waals surface area contributed by atoms with Crippen molar-refractivity contribution in [3.05, 3.63) is 81.6 Å². The SMILES string of the molecule is Cn1c(=O)c(-c2cccc3c(CCC(=O)O)cccc23)c(C(F)(F)F)c2cc(CCN3CCC(F)(F)C3)ccc21. The lowest BCUT2D eigenvalue weighted by Crippen LogP contribution is -2.27. The molecular weight excluding hydrogens is 531 g/mol. The number of rotatable bonds is 7. The lowest BCUT2D eigenvalue weighted by Gasteiger charge is -2.20. The molecule has 40 heavy (non-hydrogen) atoms. The number of likely N-dealkylation sites (tertiary alicyclic amines) is 1. The second-order valence-corrected chi connectivity index (χ2v) is 10.3. The van der Waals surface area contributed by atoms with Gasteiger partial charge in [-0.05, 0) is 52.4 Å². The van der Waals surface area contributed by atoms with Crippen LogP contribution in [0.3, 0.4) is 0 Å². The highest BCUT2D eigenvalue weighted by Crippen LogP contribution is 2.42. The topological polar surface area (TPSA) is 62.5 Å². The highest BCUT2D eigenvalue weighted by molar-refractivity contribution is 6.01. The molecule has 1 aliphatic rings. The monoisotopic (exact) mass is 558 g/mol. The first-order valence-electron chi connectivity index (χ1n) is 12.9. The number of hydrogen-bond donors (Lipinski definition) is 1. The molecule has 5 rings (SSSR count). The zero-order valence-corrected chi connectivity index (χ0v) is 21.7. The van der Waals surface area contributed by atoms with Gasteiger partial charge in [-0.3, -0.25) is 14.5 Å². The molecule has 5 nitrogen and oxygen atoms in total. The molecule has 1 aliphatic heterocycles. The van der Waals surface area contributed by atoms with E-state index in [9.17, 15) is 31.5 Å². The van der Waals surface area contributed by atoms with Crippen LogP contribution in [0.5, 0.6) is 0 Å². The van der Waals surface area contributed by atoms with E-state index < -0.39 is 34.8 Å². The predicted octanol–water partition coefficient (Wildman–Crippen LogP) is 6.28. The molecule has 2 heterocycles. The van der Waals surface area contributed by atoms with Crippen LogP contribution in [0.1, 0.15) is 29.5 Å². The van der Waals surface area contributed by atoms with E-state index in [-0.39, 0.29) is 61.8 Å². The Kier molecular flexibility index (Phi) is 7.16. The maximum Gasteiger partial charge on any atom is 0.417 e. The van der Waals surface area contributed by atoms with Gasteiger partial charge in [0.05, 0.1) is 23.2 Å².